The molecule has 6 nitrogen and oxygen atoms in total. The zero-order valence-corrected chi connectivity index (χ0v) is 13.7. The van der Waals surface area contributed by atoms with Gasteiger partial charge < -0.3 is 10.1 Å². The van der Waals surface area contributed by atoms with Gasteiger partial charge in [-0.25, -0.2) is 13.4 Å². The lowest BCUT2D eigenvalue weighted by atomic mass is 10.2. The van der Waals surface area contributed by atoms with E-state index in [-0.39, 0.29) is 11.6 Å². The Labute approximate surface area is 135 Å². The minimum Gasteiger partial charge on any atom is -0.497 e. The van der Waals surface area contributed by atoms with Crippen molar-refractivity contribution < 1.29 is 17.9 Å². The van der Waals surface area contributed by atoms with E-state index in [2.05, 4.69) is 10.3 Å². The Morgan fingerprint density at radius 3 is 2.70 bits per heavy atom. The van der Waals surface area contributed by atoms with Crippen molar-refractivity contribution in [2.24, 2.45) is 0 Å². The maximum atomic E-state index is 12.3. The van der Waals surface area contributed by atoms with Crippen LogP contribution in [0, 0.1) is 0 Å². The molecule has 2 rings (SSSR count). The average molecular weight is 334 g/mol. The summed E-state index contributed by atoms with van der Waals surface area (Å²) in [4.78, 5) is 16.0. The van der Waals surface area contributed by atoms with Gasteiger partial charge >= 0.3 is 0 Å². The van der Waals surface area contributed by atoms with E-state index in [4.69, 9.17) is 4.74 Å². The number of aromatic nitrogens is 1. The number of amides is 1. The van der Waals surface area contributed by atoms with Gasteiger partial charge in [-0.1, -0.05) is 18.2 Å². The van der Waals surface area contributed by atoms with Gasteiger partial charge in [0.15, 0.2) is 5.03 Å². The van der Waals surface area contributed by atoms with Crippen LogP contribution in [-0.2, 0) is 21.2 Å². The highest BCUT2D eigenvalue weighted by atomic mass is 32.2. The van der Waals surface area contributed by atoms with Crippen LogP contribution in [0.25, 0.3) is 0 Å². The van der Waals surface area contributed by atoms with Gasteiger partial charge in [0.2, 0.25) is 15.7 Å². The molecule has 23 heavy (non-hydrogen) atoms. The molecule has 0 saturated carbocycles. The number of rotatable bonds is 6. The average Bonchev–Trinajstić information content (AvgIpc) is 2.59. The van der Waals surface area contributed by atoms with Gasteiger partial charge in [0.1, 0.15) is 11.0 Å². The minimum absolute atomic E-state index is 0.107. The van der Waals surface area contributed by atoms with Crippen LogP contribution in [-0.4, -0.2) is 31.7 Å². The Balaban J connectivity index is 2.05. The molecule has 122 valence electrons. The zero-order valence-electron chi connectivity index (χ0n) is 12.9. The molecule has 0 aliphatic rings. The van der Waals surface area contributed by atoms with Crippen molar-refractivity contribution in [3.63, 3.8) is 0 Å². The van der Waals surface area contributed by atoms with E-state index in [1.807, 2.05) is 6.07 Å². The highest BCUT2D eigenvalue weighted by Crippen LogP contribution is 2.14. The quantitative estimate of drug-likeness (QED) is 0.867. The molecule has 1 atom stereocenters. The molecule has 1 aromatic carbocycles. The molecule has 0 fully saturated rings. The highest BCUT2D eigenvalue weighted by molar-refractivity contribution is 7.92. The van der Waals surface area contributed by atoms with Crippen LogP contribution in [0.3, 0.4) is 0 Å². The van der Waals surface area contributed by atoms with Gasteiger partial charge in [0.05, 0.1) is 7.11 Å². The summed E-state index contributed by atoms with van der Waals surface area (Å²) < 4.78 is 29.8. The third-order valence-corrected chi connectivity index (χ3v) is 5.33. The number of carbonyl (C=O) groups excluding carboxylic acids is 1. The Hall–Kier alpha value is -2.41. The molecule has 0 saturated heterocycles. The number of benzene rings is 1. The number of nitrogens with one attached hydrogen (secondary N) is 1. The van der Waals surface area contributed by atoms with Crippen LogP contribution >= 0.6 is 0 Å². The number of ether oxygens (including phenoxy) is 1. The smallest absolute Gasteiger partial charge is 0.238 e. The van der Waals surface area contributed by atoms with Crippen LogP contribution in [0.1, 0.15) is 12.5 Å². The summed E-state index contributed by atoms with van der Waals surface area (Å²) in [6.45, 7) is 1.57. The number of carbonyl (C=O) groups is 1. The van der Waals surface area contributed by atoms with Gasteiger partial charge in [-0.2, -0.15) is 0 Å². The Kier molecular flexibility index (Phi) is 5.33. The lowest BCUT2D eigenvalue weighted by Gasteiger charge is -2.13. The molecule has 0 spiro atoms. The van der Waals surface area contributed by atoms with E-state index in [0.717, 1.165) is 5.56 Å². The van der Waals surface area contributed by atoms with Crippen molar-refractivity contribution >= 4 is 15.7 Å². The molecule has 2 aromatic rings. The number of hydrogen-bond acceptors (Lipinski definition) is 5. The molecule has 0 aliphatic carbocycles. The van der Waals surface area contributed by atoms with Crippen molar-refractivity contribution in [3.05, 3.63) is 54.2 Å². The third kappa shape index (κ3) is 4.07. The molecule has 0 bridgehead atoms. The van der Waals surface area contributed by atoms with Crippen LogP contribution in [0.4, 0.5) is 0 Å². The van der Waals surface area contributed by atoms with Crippen LogP contribution in [0.2, 0.25) is 0 Å². The van der Waals surface area contributed by atoms with Gasteiger partial charge in [-0.15, -0.1) is 0 Å². The second-order valence-electron chi connectivity index (χ2n) is 4.92. The SMILES string of the molecule is COc1cccc(CNC(=O)[C@H](C)S(=O)(=O)c2ccccn2)c1. The minimum atomic E-state index is -3.80. The maximum Gasteiger partial charge on any atom is 0.238 e. The largest absolute Gasteiger partial charge is 0.497 e. The van der Waals surface area contributed by atoms with E-state index in [0.29, 0.717) is 5.75 Å². The molecule has 0 radical (unpaired) electrons. The summed E-state index contributed by atoms with van der Waals surface area (Å²) in [5.41, 5.74) is 0.820. The topological polar surface area (TPSA) is 85.4 Å². The van der Waals surface area contributed by atoms with Crippen molar-refractivity contribution in [3.8, 4) is 5.75 Å². The molecule has 1 aromatic heterocycles. The van der Waals surface area contributed by atoms with Gasteiger partial charge in [-0.05, 0) is 36.8 Å². The van der Waals surface area contributed by atoms with E-state index in [1.54, 1.807) is 37.4 Å². The molecular weight excluding hydrogens is 316 g/mol. The van der Waals surface area contributed by atoms with E-state index in [9.17, 15) is 13.2 Å². The summed E-state index contributed by atoms with van der Waals surface area (Å²) in [5, 5.41) is 1.30. The molecule has 1 heterocycles. The number of methoxy groups -OCH3 is 1. The Bertz CT molecular complexity index is 776. The highest BCUT2D eigenvalue weighted by Gasteiger charge is 2.30. The summed E-state index contributed by atoms with van der Waals surface area (Å²) in [6.07, 6.45) is 1.38. The van der Waals surface area contributed by atoms with Crippen LogP contribution in [0.15, 0.2) is 53.7 Å². The van der Waals surface area contributed by atoms with Gasteiger partial charge in [-0.3, -0.25) is 4.79 Å². The van der Waals surface area contributed by atoms with Crippen LogP contribution < -0.4 is 10.1 Å². The fourth-order valence-electron chi connectivity index (χ4n) is 1.95. The molecule has 1 amide bonds. The second kappa shape index (κ2) is 7.23. The number of nitrogens with zero attached hydrogens (tertiary/aromatic N) is 1. The summed E-state index contributed by atoms with van der Waals surface area (Å²) in [5.74, 6) is 0.101. The third-order valence-electron chi connectivity index (χ3n) is 3.36. The molecule has 0 unspecified atom stereocenters. The first kappa shape index (κ1) is 17.0. The first-order chi connectivity index (χ1) is 10.9. The second-order valence-corrected chi connectivity index (χ2v) is 7.14. The fraction of sp³-hybridized carbons (Fsp3) is 0.250. The Morgan fingerprint density at radius 2 is 2.04 bits per heavy atom. The van der Waals surface area contributed by atoms with E-state index >= 15 is 0 Å². The van der Waals surface area contributed by atoms with Crippen LogP contribution in [0.5, 0.6) is 5.75 Å². The van der Waals surface area contributed by atoms with Crippen molar-refractivity contribution in [2.75, 3.05) is 7.11 Å². The molecule has 7 heteroatoms. The summed E-state index contributed by atoms with van der Waals surface area (Å²) in [6, 6.07) is 11.8. The number of pyridine rings is 1. The summed E-state index contributed by atoms with van der Waals surface area (Å²) in [7, 11) is -2.25. The lowest BCUT2D eigenvalue weighted by Crippen LogP contribution is -2.37. The number of sulfone groups is 1. The fourth-order valence-corrected chi connectivity index (χ4v) is 3.16. The standard InChI is InChI=1S/C16H18N2O4S/c1-12(23(20,21)15-8-3-4-9-17-15)16(19)18-11-13-6-5-7-14(10-13)22-2/h3-10,12H,11H2,1-2H3,(H,18,19)/t12-/m0/s1. The molecular formula is C16H18N2O4S. The van der Waals surface area contributed by atoms with Gasteiger partial charge in [0.25, 0.3) is 0 Å². The van der Waals surface area contributed by atoms with Gasteiger partial charge in [0, 0.05) is 12.7 Å². The maximum absolute atomic E-state index is 12.3. The van der Waals surface area contributed by atoms with Crippen molar-refractivity contribution in [2.45, 2.75) is 23.7 Å². The lowest BCUT2D eigenvalue weighted by molar-refractivity contribution is -0.120. The predicted molar refractivity (Wildman–Crippen MR) is 85.7 cm³/mol. The molecule has 1 N–H and O–H groups in total. The number of hydrogen-bond donors (Lipinski definition) is 1. The summed E-state index contributed by atoms with van der Waals surface area (Å²) >= 11 is 0. The van der Waals surface area contributed by atoms with E-state index < -0.39 is 21.0 Å². The monoisotopic (exact) mass is 334 g/mol. The normalized spacial score (nSPS) is 12.4. The van der Waals surface area contributed by atoms with Crippen molar-refractivity contribution in [1.29, 1.82) is 0 Å². The molecule has 0 aliphatic heterocycles. The predicted octanol–water partition coefficient (Wildman–Crippen LogP) is 1.57. The first-order valence-electron chi connectivity index (χ1n) is 7.00. The zero-order chi connectivity index (χ0) is 16.9. The Morgan fingerprint density at radius 1 is 1.26 bits per heavy atom. The van der Waals surface area contributed by atoms with E-state index in [1.165, 1.54) is 19.2 Å². The first-order valence-corrected chi connectivity index (χ1v) is 8.55. The van der Waals surface area contributed by atoms with Crippen molar-refractivity contribution in [1.82, 2.24) is 10.3 Å².